The van der Waals surface area contributed by atoms with Crippen LogP contribution in [0.4, 0.5) is 24.7 Å². The van der Waals surface area contributed by atoms with Crippen LogP contribution in [-0.4, -0.2) is 9.97 Å². The van der Waals surface area contributed by atoms with Crippen molar-refractivity contribution in [1.29, 1.82) is 0 Å². The van der Waals surface area contributed by atoms with E-state index in [0.29, 0.717) is 5.82 Å². The topological polar surface area (TPSA) is 37.8 Å². The summed E-state index contributed by atoms with van der Waals surface area (Å²) in [6.07, 6.45) is -2.34. The average molecular weight is 513 g/mol. The second kappa shape index (κ2) is 8.17. The number of nitrogens with zero attached hydrogens (tertiary/aromatic N) is 2. The second-order valence-corrected chi connectivity index (χ2v) is 8.89. The molecule has 3 nitrogen and oxygen atoms in total. The molecule has 0 fully saturated rings. The number of fused-ring (bicyclic) bond motifs is 1. The van der Waals surface area contributed by atoms with Crippen LogP contribution in [0.15, 0.2) is 53.3 Å². The lowest BCUT2D eigenvalue weighted by Gasteiger charge is -2.13. The number of aromatic nitrogens is 2. The summed E-state index contributed by atoms with van der Waals surface area (Å²) in [6, 6.07) is 11.6. The molecule has 0 spiro atoms. The number of hydrogen-bond acceptors (Lipinski definition) is 4. The zero-order valence-electron chi connectivity index (χ0n) is 15.5. The van der Waals surface area contributed by atoms with Gasteiger partial charge in [0, 0.05) is 20.6 Å². The Bertz CT molecular complexity index is 1220. The van der Waals surface area contributed by atoms with Crippen molar-refractivity contribution in [2.45, 2.75) is 19.5 Å². The molecule has 0 unspecified atom stereocenters. The molecule has 9 heteroatoms. The van der Waals surface area contributed by atoms with Crippen molar-refractivity contribution in [1.82, 2.24) is 9.97 Å². The molecule has 0 saturated carbocycles. The summed E-state index contributed by atoms with van der Waals surface area (Å²) in [4.78, 5) is 10.6. The van der Waals surface area contributed by atoms with Gasteiger partial charge in [-0.05, 0) is 42.3 Å². The van der Waals surface area contributed by atoms with E-state index in [4.69, 9.17) is 11.6 Å². The summed E-state index contributed by atoms with van der Waals surface area (Å²) in [6.45, 7) is 2.06. The Morgan fingerprint density at radius 3 is 2.50 bits per heavy atom. The van der Waals surface area contributed by atoms with E-state index in [1.807, 2.05) is 24.3 Å². The molecule has 2 heterocycles. The van der Waals surface area contributed by atoms with E-state index in [2.05, 4.69) is 38.1 Å². The minimum Gasteiger partial charge on any atom is -0.340 e. The van der Waals surface area contributed by atoms with Gasteiger partial charge in [-0.2, -0.15) is 13.2 Å². The Labute approximate surface area is 188 Å². The molecule has 1 N–H and O–H groups in total. The predicted octanol–water partition coefficient (Wildman–Crippen LogP) is 8.10. The minimum absolute atomic E-state index is 0.248. The maximum Gasteiger partial charge on any atom is 0.417 e. The molecule has 0 aliphatic carbocycles. The van der Waals surface area contributed by atoms with E-state index in [-0.39, 0.29) is 10.7 Å². The molecule has 2 aromatic carbocycles. The fraction of sp³-hybridized carbons (Fsp3) is 0.143. The van der Waals surface area contributed by atoms with E-state index in [0.717, 1.165) is 43.2 Å². The molecule has 30 heavy (non-hydrogen) atoms. The van der Waals surface area contributed by atoms with Crippen LogP contribution in [0.25, 0.3) is 21.3 Å². The van der Waals surface area contributed by atoms with E-state index in [9.17, 15) is 13.2 Å². The second-order valence-electron chi connectivity index (χ2n) is 6.48. The third-order valence-electron chi connectivity index (χ3n) is 4.55. The van der Waals surface area contributed by atoms with Crippen LogP contribution in [0.5, 0.6) is 0 Å². The highest BCUT2D eigenvalue weighted by Gasteiger charge is 2.33. The number of benzene rings is 2. The predicted molar refractivity (Wildman–Crippen MR) is 120 cm³/mol. The zero-order valence-corrected chi connectivity index (χ0v) is 18.7. The molecular formula is C21H14BrClF3N3S. The first-order chi connectivity index (χ1) is 14.3. The van der Waals surface area contributed by atoms with E-state index in [1.54, 1.807) is 11.3 Å². The summed E-state index contributed by atoms with van der Waals surface area (Å²) in [7, 11) is 0. The number of halogens is 5. The summed E-state index contributed by atoms with van der Waals surface area (Å²) >= 11 is 10.7. The summed E-state index contributed by atoms with van der Waals surface area (Å²) < 4.78 is 40.7. The monoisotopic (exact) mass is 511 g/mol. The highest BCUT2D eigenvalue weighted by molar-refractivity contribution is 9.10. The van der Waals surface area contributed by atoms with Crippen molar-refractivity contribution < 1.29 is 13.2 Å². The fourth-order valence-electron chi connectivity index (χ4n) is 3.20. The van der Waals surface area contributed by atoms with Gasteiger partial charge in [-0.15, -0.1) is 11.3 Å². The number of aryl methyl sites for hydroxylation is 1. The average Bonchev–Trinajstić information content (AvgIpc) is 3.09. The number of anilines is 2. The van der Waals surface area contributed by atoms with Gasteiger partial charge in [0.05, 0.1) is 16.0 Å². The fourth-order valence-corrected chi connectivity index (χ4v) is 4.79. The molecule has 0 atom stereocenters. The van der Waals surface area contributed by atoms with E-state index >= 15 is 0 Å². The molecule has 0 radical (unpaired) electrons. The lowest BCUT2D eigenvalue weighted by Crippen LogP contribution is -2.06. The normalized spacial score (nSPS) is 11.8. The molecule has 0 aliphatic heterocycles. The Morgan fingerprint density at radius 2 is 1.83 bits per heavy atom. The van der Waals surface area contributed by atoms with Crippen molar-refractivity contribution in [2.24, 2.45) is 0 Å². The van der Waals surface area contributed by atoms with Gasteiger partial charge < -0.3 is 5.32 Å². The molecular weight excluding hydrogens is 499 g/mol. The van der Waals surface area contributed by atoms with Crippen LogP contribution in [0.2, 0.25) is 5.02 Å². The number of rotatable bonds is 4. The van der Waals surface area contributed by atoms with Crippen molar-refractivity contribution in [3.63, 3.8) is 0 Å². The summed E-state index contributed by atoms with van der Waals surface area (Å²) in [5.74, 6) is 0.448. The van der Waals surface area contributed by atoms with Gasteiger partial charge in [0.2, 0.25) is 0 Å². The highest BCUT2D eigenvalue weighted by atomic mass is 79.9. The van der Waals surface area contributed by atoms with Crippen LogP contribution < -0.4 is 5.32 Å². The van der Waals surface area contributed by atoms with Crippen LogP contribution in [0, 0.1) is 0 Å². The molecule has 154 valence electrons. The third kappa shape index (κ3) is 4.04. The van der Waals surface area contributed by atoms with Gasteiger partial charge >= 0.3 is 6.18 Å². The van der Waals surface area contributed by atoms with Crippen LogP contribution >= 0.6 is 38.9 Å². The largest absolute Gasteiger partial charge is 0.417 e. The van der Waals surface area contributed by atoms with Crippen LogP contribution in [0.1, 0.15) is 17.4 Å². The van der Waals surface area contributed by atoms with Crippen molar-refractivity contribution in [3.05, 3.63) is 68.7 Å². The Morgan fingerprint density at radius 1 is 1.10 bits per heavy atom. The van der Waals surface area contributed by atoms with Crippen molar-refractivity contribution in [3.8, 4) is 11.1 Å². The van der Waals surface area contributed by atoms with Crippen molar-refractivity contribution in [2.75, 3.05) is 5.32 Å². The third-order valence-corrected chi connectivity index (χ3v) is 6.65. The summed E-state index contributed by atoms with van der Waals surface area (Å²) in [5.41, 5.74) is 1.33. The standard InChI is InChI=1S/C21H14BrClF3N3S/c1-2-16-17(11-3-5-12(22)6-4-11)18-19(27-10-28-20(18)30-16)29-13-7-8-15(23)14(9-13)21(24,25)26/h3-10H,2H2,1H3,(H,27,28,29). The molecule has 4 aromatic rings. The minimum atomic E-state index is -4.55. The molecule has 4 rings (SSSR count). The molecule has 0 saturated heterocycles. The van der Waals surface area contributed by atoms with Gasteiger partial charge in [0.25, 0.3) is 0 Å². The highest BCUT2D eigenvalue weighted by Crippen LogP contribution is 2.43. The van der Waals surface area contributed by atoms with Gasteiger partial charge in [0.15, 0.2) is 0 Å². The first-order valence-electron chi connectivity index (χ1n) is 8.94. The first kappa shape index (κ1) is 21.1. The smallest absolute Gasteiger partial charge is 0.340 e. The quantitative estimate of drug-likeness (QED) is 0.300. The molecule has 0 aliphatic rings. The number of thiophene rings is 1. The Kier molecular flexibility index (Phi) is 5.74. The van der Waals surface area contributed by atoms with Gasteiger partial charge in [-0.3, -0.25) is 0 Å². The van der Waals surface area contributed by atoms with E-state index < -0.39 is 11.7 Å². The van der Waals surface area contributed by atoms with Gasteiger partial charge in [-0.1, -0.05) is 46.6 Å². The maximum absolute atomic E-state index is 13.2. The molecule has 0 bridgehead atoms. The SMILES string of the molecule is CCc1sc2ncnc(Nc3ccc(Cl)c(C(F)(F)F)c3)c2c1-c1ccc(Br)cc1. The maximum atomic E-state index is 13.2. The number of hydrogen-bond donors (Lipinski definition) is 1. The van der Waals surface area contributed by atoms with Gasteiger partial charge in [-0.25, -0.2) is 9.97 Å². The Hall–Kier alpha value is -2.16. The summed E-state index contributed by atoms with van der Waals surface area (Å²) in [5, 5.41) is 3.47. The zero-order chi connectivity index (χ0) is 21.5. The van der Waals surface area contributed by atoms with Crippen LogP contribution in [0.3, 0.4) is 0 Å². The molecule has 0 amide bonds. The van der Waals surface area contributed by atoms with Crippen molar-refractivity contribution >= 4 is 60.6 Å². The van der Waals surface area contributed by atoms with Gasteiger partial charge in [0.1, 0.15) is 17.0 Å². The first-order valence-corrected chi connectivity index (χ1v) is 10.9. The number of nitrogens with one attached hydrogen (secondary N) is 1. The lowest BCUT2D eigenvalue weighted by atomic mass is 10.0. The van der Waals surface area contributed by atoms with Crippen LogP contribution in [-0.2, 0) is 12.6 Å². The number of alkyl halides is 3. The lowest BCUT2D eigenvalue weighted by molar-refractivity contribution is -0.137. The van der Waals surface area contributed by atoms with E-state index in [1.165, 1.54) is 18.5 Å². The molecule has 2 aromatic heterocycles. The Balaban J connectivity index is 1.87.